The number of ether oxygens (including phenoxy) is 1. The van der Waals surface area contributed by atoms with Crippen LogP contribution in [0.1, 0.15) is 34.1 Å². The highest BCUT2D eigenvalue weighted by Gasteiger charge is 2.30. The Morgan fingerprint density at radius 3 is 2.61 bits per heavy atom. The zero-order valence-corrected chi connectivity index (χ0v) is 11.3. The quantitative estimate of drug-likeness (QED) is 0.571. The number of nitrogens with zero attached hydrogens (tertiary/aromatic N) is 1. The smallest absolute Gasteiger partial charge is 0.307 e. The normalized spacial score (nSPS) is 21.7. The number of amides is 2. The van der Waals surface area contributed by atoms with Crippen molar-refractivity contribution in [2.24, 2.45) is 0 Å². The van der Waals surface area contributed by atoms with Crippen LogP contribution in [0, 0.1) is 0 Å². The standard InChI is InChI=1S/C12H20N2O4/c1-8-11(17)13-9(15)7-14(8)6-5-10(16)18-12(2,3)4/h8H,5-7H2,1-4H3,(H,13,15,17). The van der Waals surface area contributed by atoms with Crippen molar-refractivity contribution in [1.82, 2.24) is 10.2 Å². The van der Waals surface area contributed by atoms with Gasteiger partial charge in [-0.1, -0.05) is 0 Å². The topological polar surface area (TPSA) is 75.7 Å². The molecule has 0 aliphatic carbocycles. The molecule has 1 rings (SSSR count). The minimum absolute atomic E-state index is 0.135. The number of hydrogen-bond acceptors (Lipinski definition) is 5. The molecule has 1 fully saturated rings. The van der Waals surface area contributed by atoms with Gasteiger partial charge in [-0.05, 0) is 27.7 Å². The first-order valence-corrected chi connectivity index (χ1v) is 5.98. The third-order valence-electron chi connectivity index (χ3n) is 2.56. The first-order valence-electron chi connectivity index (χ1n) is 5.98. The van der Waals surface area contributed by atoms with Crippen LogP contribution >= 0.6 is 0 Å². The van der Waals surface area contributed by atoms with Crippen LogP contribution in [0.3, 0.4) is 0 Å². The van der Waals surface area contributed by atoms with Gasteiger partial charge in [-0.2, -0.15) is 0 Å². The molecule has 1 heterocycles. The lowest BCUT2D eigenvalue weighted by molar-refractivity contribution is -0.156. The Bertz CT molecular complexity index is 360. The maximum absolute atomic E-state index is 11.5. The van der Waals surface area contributed by atoms with Crippen molar-refractivity contribution in [2.75, 3.05) is 13.1 Å². The highest BCUT2D eigenvalue weighted by Crippen LogP contribution is 2.10. The molecule has 0 radical (unpaired) electrons. The first-order chi connectivity index (χ1) is 8.19. The van der Waals surface area contributed by atoms with E-state index in [4.69, 9.17) is 4.74 Å². The van der Waals surface area contributed by atoms with Crippen molar-refractivity contribution in [3.05, 3.63) is 0 Å². The second kappa shape index (κ2) is 5.48. The van der Waals surface area contributed by atoms with Crippen LogP contribution in [0.15, 0.2) is 0 Å². The predicted octanol–water partition coefficient (Wildman–Crippen LogP) is 0.0651. The molecular formula is C12H20N2O4. The molecule has 6 nitrogen and oxygen atoms in total. The van der Waals surface area contributed by atoms with Crippen LogP contribution in [0.5, 0.6) is 0 Å². The summed E-state index contributed by atoms with van der Waals surface area (Å²) in [6.45, 7) is 7.57. The molecule has 2 amide bonds. The van der Waals surface area contributed by atoms with Gasteiger partial charge in [0.25, 0.3) is 0 Å². The van der Waals surface area contributed by atoms with Crippen molar-refractivity contribution in [1.29, 1.82) is 0 Å². The van der Waals surface area contributed by atoms with Crippen LogP contribution in [0.4, 0.5) is 0 Å². The summed E-state index contributed by atoms with van der Waals surface area (Å²) in [4.78, 5) is 35.8. The molecule has 1 aliphatic heterocycles. The highest BCUT2D eigenvalue weighted by molar-refractivity contribution is 6.00. The fraction of sp³-hybridized carbons (Fsp3) is 0.750. The van der Waals surface area contributed by atoms with Gasteiger partial charge in [-0.25, -0.2) is 0 Å². The molecule has 1 saturated heterocycles. The molecule has 0 aromatic heterocycles. The van der Waals surface area contributed by atoms with Gasteiger partial charge in [0.05, 0.1) is 19.0 Å². The summed E-state index contributed by atoms with van der Waals surface area (Å²) in [5.41, 5.74) is -0.516. The number of hydrogen-bond donors (Lipinski definition) is 1. The molecule has 18 heavy (non-hydrogen) atoms. The molecule has 0 saturated carbocycles. The van der Waals surface area contributed by atoms with E-state index in [1.807, 2.05) is 0 Å². The number of rotatable bonds is 3. The van der Waals surface area contributed by atoms with E-state index < -0.39 is 11.6 Å². The average Bonchev–Trinajstić information content (AvgIpc) is 2.18. The number of nitrogens with one attached hydrogen (secondary N) is 1. The van der Waals surface area contributed by atoms with E-state index in [1.165, 1.54) is 0 Å². The first kappa shape index (κ1) is 14.6. The maximum atomic E-state index is 11.5. The lowest BCUT2D eigenvalue weighted by Crippen LogP contribution is -2.57. The monoisotopic (exact) mass is 256 g/mol. The van der Waals surface area contributed by atoms with Crippen molar-refractivity contribution < 1.29 is 19.1 Å². The average molecular weight is 256 g/mol. The number of piperazine rings is 1. The van der Waals surface area contributed by atoms with Gasteiger partial charge in [0.2, 0.25) is 11.8 Å². The van der Waals surface area contributed by atoms with Crippen molar-refractivity contribution in [3.63, 3.8) is 0 Å². The predicted molar refractivity (Wildman–Crippen MR) is 64.6 cm³/mol. The number of esters is 1. The second-order valence-corrected chi connectivity index (χ2v) is 5.40. The Morgan fingerprint density at radius 2 is 2.06 bits per heavy atom. The van der Waals surface area contributed by atoms with Crippen LogP contribution in [0.2, 0.25) is 0 Å². The second-order valence-electron chi connectivity index (χ2n) is 5.40. The molecule has 0 bridgehead atoms. The lowest BCUT2D eigenvalue weighted by Gasteiger charge is -2.31. The zero-order valence-electron chi connectivity index (χ0n) is 11.3. The molecular weight excluding hydrogens is 236 g/mol. The Morgan fingerprint density at radius 1 is 1.44 bits per heavy atom. The van der Waals surface area contributed by atoms with Gasteiger partial charge in [0.15, 0.2) is 0 Å². The summed E-state index contributed by atoms with van der Waals surface area (Å²) in [6.07, 6.45) is 0.169. The van der Waals surface area contributed by atoms with E-state index in [0.29, 0.717) is 6.54 Å². The molecule has 1 N–H and O–H groups in total. The number of imide groups is 1. The van der Waals surface area contributed by atoms with Gasteiger partial charge in [-0.3, -0.25) is 24.6 Å². The number of carbonyl (C=O) groups excluding carboxylic acids is 3. The van der Waals surface area contributed by atoms with Gasteiger partial charge >= 0.3 is 5.97 Å². The van der Waals surface area contributed by atoms with E-state index in [1.54, 1.807) is 32.6 Å². The molecule has 1 atom stereocenters. The minimum atomic E-state index is -0.516. The Balaban J connectivity index is 2.45. The summed E-state index contributed by atoms with van der Waals surface area (Å²) in [5, 5.41) is 2.25. The zero-order chi connectivity index (χ0) is 13.9. The van der Waals surface area contributed by atoms with Crippen molar-refractivity contribution in [3.8, 4) is 0 Å². The molecule has 1 aliphatic rings. The van der Waals surface area contributed by atoms with E-state index in [2.05, 4.69) is 5.32 Å². The molecule has 0 aromatic rings. The largest absolute Gasteiger partial charge is 0.460 e. The van der Waals surface area contributed by atoms with E-state index in [9.17, 15) is 14.4 Å². The SMILES string of the molecule is CC1C(=O)NC(=O)CN1CCC(=O)OC(C)(C)C. The summed E-state index contributed by atoms with van der Waals surface area (Å²) in [6, 6.07) is -0.398. The van der Waals surface area contributed by atoms with Crippen LogP contribution in [-0.2, 0) is 19.1 Å². The van der Waals surface area contributed by atoms with Gasteiger partial charge in [0.1, 0.15) is 5.60 Å². The summed E-state index contributed by atoms with van der Waals surface area (Å²) in [5.74, 6) is -0.981. The van der Waals surface area contributed by atoms with Crippen molar-refractivity contribution in [2.45, 2.75) is 45.8 Å². The summed E-state index contributed by atoms with van der Waals surface area (Å²) < 4.78 is 5.17. The Hall–Kier alpha value is -1.43. The minimum Gasteiger partial charge on any atom is -0.460 e. The number of carbonyl (C=O) groups is 3. The van der Waals surface area contributed by atoms with Gasteiger partial charge < -0.3 is 4.74 Å². The molecule has 6 heteroatoms. The van der Waals surface area contributed by atoms with Gasteiger partial charge in [-0.15, -0.1) is 0 Å². The molecule has 0 spiro atoms. The van der Waals surface area contributed by atoms with Crippen LogP contribution in [0.25, 0.3) is 0 Å². The Kier molecular flexibility index (Phi) is 4.45. The van der Waals surface area contributed by atoms with Crippen molar-refractivity contribution >= 4 is 17.8 Å². The molecule has 0 aromatic carbocycles. The third-order valence-corrected chi connectivity index (χ3v) is 2.56. The maximum Gasteiger partial charge on any atom is 0.307 e. The molecule has 1 unspecified atom stereocenters. The van der Waals surface area contributed by atoms with Crippen LogP contribution < -0.4 is 5.32 Å². The van der Waals surface area contributed by atoms with Crippen LogP contribution in [-0.4, -0.2) is 47.4 Å². The summed E-state index contributed by atoms with van der Waals surface area (Å²) in [7, 11) is 0. The fourth-order valence-electron chi connectivity index (χ4n) is 1.67. The molecule has 102 valence electrons. The van der Waals surface area contributed by atoms with E-state index in [-0.39, 0.29) is 30.7 Å². The highest BCUT2D eigenvalue weighted by atomic mass is 16.6. The van der Waals surface area contributed by atoms with Gasteiger partial charge in [0, 0.05) is 6.54 Å². The lowest BCUT2D eigenvalue weighted by atomic mass is 10.2. The van der Waals surface area contributed by atoms with E-state index in [0.717, 1.165) is 0 Å². The van der Waals surface area contributed by atoms with E-state index >= 15 is 0 Å². The summed E-state index contributed by atoms with van der Waals surface area (Å²) >= 11 is 0. The third kappa shape index (κ3) is 4.44. The fourth-order valence-corrected chi connectivity index (χ4v) is 1.67. The Labute approximate surface area is 107 Å².